The maximum Gasteiger partial charge on any atom is 0.272 e. The number of para-hydroxylation sites is 1. The molecule has 7 nitrogen and oxygen atoms in total. The van der Waals surface area contributed by atoms with E-state index in [1.807, 2.05) is 45.2 Å². The lowest BCUT2D eigenvalue weighted by Crippen LogP contribution is -2.29. The Morgan fingerprint density at radius 1 is 1.39 bits per heavy atom. The number of aryl methyl sites for hydroxylation is 1. The minimum atomic E-state index is -0.932. The Bertz CT molecular complexity index is 854. The number of fused-ring (bicyclic) bond motifs is 1. The van der Waals surface area contributed by atoms with Crippen molar-refractivity contribution in [1.29, 1.82) is 0 Å². The van der Waals surface area contributed by atoms with Crippen LogP contribution in [0.25, 0.3) is 0 Å². The Kier molecular flexibility index (Phi) is 5.76. The highest BCUT2D eigenvalue weighted by Gasteiger charge is 2.31. The summed E-state index contributed by atoms with van der Waals surface area (Å²) in [5.74, 6) is 0.430. The van der Waals surface area contributed by atoms with E-state index < -0.39 is 5.60 Å². The van der Waals surface area contributed by atoms with Crippen LogP contribution in [-0.2, 0) is 24.8 Å². The molecule has 0 aliphatic carbocycles. The number of carbonyl (C=O) groups excluding carboxylic acids is 1. The van der Waals surface area contributed by atoms with E-state index in [-0.39, 0.29) is 24.7 Å². The monoisotopic (exact) mass is 387 g/mol. The van der Waals surface area contributed by atoms with Gasteiger partial charge in [0.05, 0.1) is 23.5 Å². The van der Waals surface area contributed by atoms with Crippen molar-refractivity contribution in [3.8, 4) is 5.75 Å². The minimum absolute atomic E-state index is 0.0502. The fourth-order valence-corrected chi connectivity index (χ4v) is 3.53. The number of hydrogen-bond acceptors (Lipinski definition) is 5. The van der Waals surface area contributed by atoms with E-state index in [4.69, 9.17) is 9.47 Å². The van der Waals surface area contributed by atoms with Crippen molar-refractivity contribution in [3.63, 3.8) is 0 Å². The molecule has 1 aromatic heterocycles. The summed E-state index contributed by atoms with van der Waals surface area (Å²) in [4.78, 5) is 12.8. The van der Waals surface area contributed by atoms with Crippen molar-refractivity contribution < 1.29 is 19.4 Å². The Hall–Kier alpha value is -2.38. The average Bonchev–Trinajstić information content (AvgIpc) is 2.94. The molecule has 0 fully saturated rings. The molecule has 1 aliphatic rings. The van der Waals surface area contributed by atoms with Crippen LogP contribution in [0.3, 0.4) is 0 Å². The summed E-state index contributed by atoms with van der Waals surface area (Å²) >= 11 is 0. The lowest BCUT2D eigenvalue weighted by Gasteiger charge is -2.26. The molecule has 28 heavy (non-hydrogen) atoms. The molecular weight excluding hydrogens is 358 g/mol. The molecule has 0 bridgehead atoms. The van der Waals surface area contributed by atoms with E-state index in [0.29, 0.717) is 24.4 Å². The van der Waals surface area contributed by atoms with Crippen LogP contribution < -0.4 is 10.1 Å². The Morgan fingerprint density at radius 3 is 2.82 bits per heavy atom. The van der Waals surface area contributed by atoms with Gasteiger partial charge in [0, 0.05) is 31.1 Å². The summed E-state index contributed by atoms with van der Waals surface area (Å²) in [5, 5.41) is 17.3. The number of aliphatic hydroxyl groups is 1. The van der Waals surface area contributed by atoms with Gasteiger partial charge in [-0.05, 0) is 33.8 Å². The molecule has 152 valence electrons. The van der Waals surface area contributed by atoms with Gasteiger partial charge in [-0.2, -0.15) is 5.10 Å². The predicted octanol–water partition coefficient (Wildman–Crippen LogP) is 2.52. The molecule has 2 aromatic rings. The van der Waals surface area contributed by atoms with Crippen molar-refractivity contribution in [3.05, 3.63) is 46.8 Å². The molecule has 0 unspecified atom stereocenters. The largest absolute Gasteiger partial charge is 0.490 e. The number of nitrogens with one attached hydrogen (secondary N) is 1. The van der Waals surface area contributed by atoms with Gasteiger partial charge in [-0.3, -0.25) is 9.48 Å². The van der Waals surface area contributed by atoms with Crippen LogP contribution in [0.4, 0.5) is 0 Å². The standard InChI is InChI=1S/C21H29N3O4/c1-13-10-16-18(23-24(5)19(16)14(2)28-13)20(25)22-11-15-8-6-7-9-17(15)27-12-21(3,4)26/h6-9,13-14,26H,10-12H2,1-5H3,(H,22,25)/t13-,14+/m1/s1. The first-order chi connectivity index (χ1) is 13.2. The second-order valence-electron chi connectivity index (χ2n) is 8.02. The number of amides is 1. The summed E-state index contributed by atoms with van der Waals surface area (Å²) in [7, 11) is 1.84. The van der Waals surface area contributed by atoms with E-state index in [1.54, 1.807) is 18.5 Å². The molecule has 0 saturated heterocycles. The van der Waals surface area contributed by atoms with Crippen LogP contribution in [0.2, 0.25) is 0 Å². The third-order valence-corrected chi connectivity index (χ3v) is 4.71. The minimum Gasteiger partial charge on any atom is -0.490 e. The van der Waals surface area contributed by atoms with Gasteiger partial charge in [0.15, 0.2) is 5.69 Å². The molecule has 1 aliphatic heterocycles. The number of benzene rings is 1. The highest BCUT2D eigenvalue weighted by atomic mass is 16.5. The van der Waals surface area contributed by atoms with E-state index in [1.165, 1.54) is 0 Å². The summed E-state index contributed by atoms with van der Waals surface area (Å²) in [6.07, 6.45) is 0.629. The third kappa shape index (κ3) is 4.54. The molecule has 2 heterocycles. The molecule has 0 saturated carbocycles. The second kappa shape index (κ2) is 7.93. The lowest BCUT2D eigenvalue weighted by atomic mass is 9.99. The number of ether oxygens (including phenoxy) is 2. The normalized spacial score (nSPS) is 19.2. The van der Waals surface area contributed by atoms with Gasteiger partial charge in [-0.25, -0.2) is 0 Å². The fourth-order valence-electron chi connectivity index (χ4n) is 3.53. The number of hydrogen-bond donors (Lipinski definition) is 2. The van der Waals surface area contributed by atoms with Crippen molar-refractivity contribution in [2.75, 3.05) is 6.61 Å². The van der Waals surface area contributed by atoms with E-state index in [9.17, 15) is 9.90 Å². The van der Waals surface area contributed by atoms with Gasteiger partial charge >= 0.3 is 0 Å². The maximum absolute atomic E-state index is 12.8. The van der Waals surface area contributed by atoms with Crippen LogP contribution in [-0.4, -0.2) is 39.1 Å². The van der Waals surface area contributed by atoms with Gasteiger partial charge in [-0.15, -0.1) is 0 Å². The topological polar surface area (TPSA) is 85.6 Å². The quantitative estimate of drug-likeness (QED) is 0.796. The molecule has 1 aromatic carbocycles. The van der Waals surface area contributed by atoms with Crippen molar-refractivity contribution in [2.45, 2.75) is 58.5 Å². The van der Waals surface area contributed by atoms with Crippen LogP contribution in [0.5, 0.6) is 5.75 Å². The highest BCUT2D eigenvalue weighted by Crippen LogP contribution is 2.31. The number of nitrogens with zero attached hydrogens (tertiary/aromatic N) is 2. The first-order valence-corrected chi connectivity index (χ1v) is 9.58. The molecule has 3 rings (SSSR count). The van der Waals surface area contributed by atoms with Crippen molar-refractivity contribution in [1.82, 2.24) is 15.1 Å². The molecule has 2 N–H and O–H groups in total. The molecule has 0 radical (unpaired) electrons. The summed E-state index contributed by atoms with van der Waals surface area (Å²) in [6.45, 7) is 7.84. The van der Waals surface area contributed by atoms with E-state index in [0.717, 1.165) is 16.8 Å². The predicted molar refractivity (Wildman–Crippen MR) is 105 cm³/mol. The first kappa shape index (κ1) is 20.4. The Labute approximate surface area is 165 Å². The Balaban J connectivity index is 1.73. The molecule has 0 spiro atoms. The molecular formula is C21H29N3O4. The van der Waals surface area contributed by atoms with E-state index in [2.05, 4.69) is 10.4 Å². The SMILES string of the molecule is C[C@@H]1Cc2c(C(=O)NCc3ccccc3OCC(C)(C)O)nn(C)c2[C@H](C)O1. The number of rotatable bonds is 6. The number of carbonyl (C=O) groups is 1. The number of aromatic nitrogens is 2. The van der Waals surface area contributed by atoms with Gasteiger partial charge in [0.1, 0.15) is 12.4 Å². The third-order valence-electron chi connectivity index (χ3n) is 4.71. The zero-order valence-corrected chi connectivity index (χ0v) is 17.2. The summed E-state index contributed by atoms with van der Waals surface area (Å²) < 4.78 is 13.3. The summed E-state index contributed by atoms with van der Waals surface area (Å²) in [6, 6.07) is 7.48. The smallest absolute Gasteiger partial charge is 0.272 e. The van der Waals surface area contributed by atoms with E-state index >= 15 is 0 Å². The molecule has 1 amide bonds. The zero-order chi connectivity index (χ0) is 20.5. The summed E-state index contributed by atoms with van der Waals surface area (Å²) in [5.41, 5.74) is 2.28. The second-order valence-corrected chi connectivity index (χ2v) is 8.02. The Morgan fingerprint density at radius 2 is 2.11 bits per heavy atom. The maximum atomic E-state index is 12.8. The molecule has 2 atom stereocenters. The zero-order valence-electron chi connectivity index (χ0n) is 17.2. The average molecular weight is 387 g/mol. The van der Waals surface area contributed by atoms with Gasteiger partial charge in [0.25, 0.3) is 5.91 Å². The van der Waals surface area contributed by atoms with Crippen molar-refractivity contribution >= 4 is 5.91 Å². The van der Waals surface area contributed by atoms with Crippen molar-refractivity contribution in [2.24, 2.45) is 7.05 Å². The van der Waals surface area contributed by atoms with Crippen LogP contribution in [0.1, 0.15) is 61.1 Å². The van der Waals surface area contributed by atoms with Gasteiger partial charge in [0.2, 0.25) is 0 Å². The van der Waals surface area contributed by atoms with Gasteiger partial charge in [-0.1, -0.05) is 18.2 Å². The van der Waals surface area contributed by atoms with Crippen LogP contribution in [0.15, 0.2) is 24.3 Å². The highest BCUT2D eigenvalue weighted by molar-refractivity contribution is 5.94. The van der Waals surface area contributed by atoms with Crippen LogP contribution >= 0.6 is 0 Å². The molecule has 7 heteroatoms. The van der Waals surface area contributed by atoms with Crippen LogP contribution in [0, 0.1) is 0 Å². The van der Waals surface area contributed by atoms with Gasteiger partial charge < -0.3 is 19.9 Å². The first-order valence-electron chi connectivity index (χ1n) is 9.58. The lowest BCUT2D eigenvalue weighted by molar-refractivity contribution is -0.00903. The fraction of sp³-hybridized carbons (Fsp3) is 0.524.